The Bertz CT molecular complexity index is 1330. The number of urea groups is 1. The van der Waals surface area contributed by atoms with Crippen molar-refractivity contribution < 1.29 is 19.4 Å². The van der Waals surface area contributed by atoms with E-state index in [0.29, 0.717) is 65.6 Å². The summed E-state index contributed by atoms with van der Waals surface area (Å²) < 4.78 is 5.53. The van der Waals surface area contributed by atoms with Gasteiger partial charge in [-0.05, 0) is 43.2 Å². The number of hydrazine groups is 1. The molecule has 0 radical (unpaired) electrons. The van der Waals surface area contributed by atoms with Crippen LogP contribution in [0.2, 0.25) is 0 Å². The van der Waals surface area contributed by atoms with E-state index in [-0.39, 0.29) is 11.9 Å². The lowest BCUT2D eigenvalue weighted by atomic mass is 9.91. The Morgan fingerprint density at radius 2 is 1.57 bits per heavy atom. The van der Waals surface area contributed by atoms with Gasteiger partial charge in [-0.25, -0.2) is 29.6 Å². The Kier molecular flexibility index (Phi) is 7.65. The maximum Gasteiger partial charge on any atom is 0.407 e. The number of likely N-dealkylation sites (tertiary alicyclic amines) is 1. The highest BCUT2D eigenvalue weighted by molar-refractivity contribution is 5.91. The summed E-state index contributed by atoms with van der Waals surface area (Å²) in [6.45, 7) is 6.21. The van der Waals surface area contributed by atoms with Gasteiger partial charge in [-0.15, -0.1) is 0 Å². The molecule has 2 aromatic carbocycles. The van der Waals surface area contributed by atoms with Crippen molar-refractivity contribution in [3.8, 4) is 0 Å². The van der Waals surface area contributed by atoms with Crippen molar-refractivity contribution in [3.05, 3.63) is 60.6 Å². The second-order valence-corrected chi connectivity index (χ2v) is 10.5. The molecular formula is C29H35N7O4. The van der Waals surface area contributed by atoms with Gasteiger partial charge in [0.1, 0.15) is 6.33 Å². The van der Waals surface area contributed by atoms with Crippen molar-refractivity contribution in [2.24, 2.45) is 0 Å². The third-order valence-electron chi connectivity index (χ3n) is 8.17. The van der Waals surface area contributed by atoms with E-state index in [4.69, 9.17) is 9.72 Å². The molecule has 0 aliphatic carbocycles. The Hall–Kier alpha value is -3.96. The molecule has 0 saturated carbocycles. The molecular weight excluding hydrogens is 510 g/mol. The SMILES string of the molecule is O=C(O)N1CCN(c2ccc3c(C4CCN(C(=O)N(c5ccccc5)N5CCOCC5)CC4)ncnc3c2)CC1. The zero-order valence-corrected chi connectivity index (χ0v) is 22.6. The van der Waals surface area contributed by atoms with Gasteiger partial charge >= 0.3 is 12.1 Å². The number of piperidine rings is 1. The number of morpholine rings is 1. The number of hydrogen-bond acceptors (Lipinski definition) is 7. The molecule has 3 saturated heterocycles. The van der Waals surface area contributed by atoms with Crippen LogP contribution in [0.25, 0.3) is 10.9 Å². The Balaban J connectivity index is 1.14. The highest BCUT2D eigenvalue weighted by Gasteiger charge is 2.32. The molecule has 0 unspecified atom stereocenters. The molecule has 11 heteroatoms. The van der Waals surface area contributed by atoms with Crippen molar-refractivity contribution >= 4 is 34.4 Å². The van der Waals surface area contributed by atoms with Crippen LogP contribution >= 0.6 is 0 Å². The third kappa shape index (κ3) is 5.39. The van der Waals surface area contributed by atoms with Gasteiger partial charge in [0.2, 0.25) is 0 Å². The molecule has 0 atom stereocenters. The number of para-hydroxylation sites is 1. The minimum absolute atomic E-state index is 0.00623. The Morgan fingerprint density at radius 1 is 0.850 bits per heavy atom. The molecule has 6 rings (SSSR count). The molecule has 1 aromatic heterocycles. The summed E-state index contributed by atoms with van der Waals surface area (Å²) in [5, 5.41) is 14.2. The molecule has 11 nitrogen and oxygen atoms in total. The first-order chi connectivity index (χ1) is 19.6. The number of amides is 3. The van der Waals surface area contributed by atoms with Crippen molar-refractivity contribution in [1.29, 1.82) is 0 Å². The fourth-order valence-electron chi connectivity index (χ4n) is 5.94. The first kappa shape index (κ1) is 26.3. The average molecular weight is 546 g/mol. The molecule has 3 amide bonds. The molecule has 210 valence electrons. The number of ether oxygens (including phenoxy) is 1. The van der Waals surface area contributed by atoms with Crippen LogP contribution in [0.1, 0.15) is 24.5 Å². The van der Waals surface area contributed by atoms with Crippen LogP contribution in [-0.2, 0) is 4.74 Å². The number of carbonyl (C=O) groups is 2. The summed E-state index contributed by atoms with van der Waals surface area (Å²) in [4.78, 5) is 39.9. The zero-order valence-electron chi connectivity index (χ0n) is 22.6. The van der Waals surface area contributed by atoms with Crippen molar-refractivity contribution in [2.45, 2.75) is 18.8 Å². The van der Waals surface area contributed by atoms with Crippen LogP contribution in [-0.4, -0.2) is 108 Å². The van der Waals surface area contributed by atoms with Gasteiger partial charge in [0.15, 0.2) is 0 Å². The first-order valence-electron chi connectivity index (χ1n) is 14.0. The van der Waals surface area contributed by atoms with E-state index in [2.05, 4.69) is 33.1 Å². The van der Waals surface area contributed by atoms with E-state index >= 15 is 0 Å². The van der Waals surface area contributed by atoms with Crippen molar-refractivity contribution in [1.82, 2.24) is 24.8 Å². The van der Waals surface area contributed by atoms with Gasteiger partial charge in [-0.1, -0.05) is 18.2 Å². The van der Waals surface area contributed by atoms with Crippen LogP contribution < -0.4 is 9.91 Å². The summed E-state index contributed by atoms with van der Waals surface area (Å²) in [6.07, 6.45) is 2.44. The van der Waals surface area contributed by atoms with Gasteiger partial charge in [0.25, 0.3) is 0 Å². The van der Waals surface area contributed by atoms with Crippen LogP contribution in [0.15, 0.2) is 54.9 Å². The smallest absolute Gasteiger partial charge is 0.407 e. The molecule has 4 heterocycles. The number of aromatic nitrogens is 2. The van der Waals surface area contributed by atoms with Crippen LogP contribution in [0, 0.1) is 0 Å². The van der Waals surface area contributed by atoms with Crippen LogP contribution in [0.5, 0.6) is 0 Å². The molecule has 40 heavy (non-hydrogen) atoms. The highest BCUT2D eigenvalue weighted by atomic mass is 16.5. The maximum atomic E-state index is 13.8. The predicted molar refractivity (Wildman–Crippen MR) is 152 cm³/mol. The number of hydrogen-bond donors (Lipinski definition) is 1. The Morgan fingerprint density at radius 3 is 2.27 bits per heavy atom. The molecule has 3 aliphatic heterocycles. The van der Waals surface area contributed by atoms with Gasteiger partial charge in [0, 0.05) is 69.3 Å². The van der Waals surface area contributed by atoms with E-state index in [9.17, 15) is 14.7 Å². The van der Waals surface area contributed by atoms with Gasteiger partial charge in [0.05, 0.1) is 30.1 Å². The second-order valence-electron chi connectivity index (χ2n) is 10.5. The summed E-state index contributed by atoms with van der Waals surface area (Å²) in [6, 6.07) is 16.1. The standard InChI is InChI=1S/C29H35N7O4/c37-28(36(23-4-2-1-3-5-23)35-16-18-40-19-17-35)33-10-8-22(9-11-33)27-25-7-6-24(20-26(25)30-21-31-27)32-12-14-34(15-13-32)29(38)39/h1-7,20-22H,8-19H2,(H,38,39). The first-order valence-corrected chi connectivity index (χ1v) is 14.0. The highest BCUT2D eigenvalue weighted by Crippen LogP contribution is 2.33. The largest absolute Gasteiger partial charge is 0.465 e. The number of nitrogens with zero attached hydrogens (tertiary/aromatic N) is 7. The molecule has 0 bridgehead atoms. The van der Waals surface area contributed by atoms with E-state index in [1.54, 1.807) is 6.33 Å². The number of benzene rings is 2. The van der Waals surface area contributed by atoms with Gasteiger partial charge in [-0.3, -0.25) is 0 Å². The molecule has 3 aliphatic rings. The minimum Gasteiger partial charge on any atom is -0.465 e. The lowest BCUT2D eigenvalue weighted by Gasteiger charge is -2.41. The van der Waals surface area contributed by atoms with Crippen molar-refractivity contribution in [2.75, 3.05) is 75.5 Å². The monoisotopic (exact) mass is 545 g/mol. The Labute approximate surface area is 233 Å². The van der Waals surface area contributed by atoms with Crippen molar-refractivity contribution in [3.63, 3.8) is 0 Å². The summed E-state index contributed by atoms with van der Waals surface area (Å²) in [5.41, 5.74) is 3.85. The number of carbonyl (C=O) groups excluding carboxylic acids is 1. The maximum absolute atomic E-state index is 13.8. The lowest BCUT2D eigenvalue weighted by molar-refractivity contribution is 0.0329. The van der Waals surface area contributed by atoms with Gasteiger partial charge < -0.3 is 24.5 Å². The summed E-state index contributed by atoms with van der Waals surface area (Å²) in [5.74, 6) is 0.244. The van der Waals surface area contributed by atoms with E-state index in [0.717, 1.165) is 40.8 Å². The van der Waals surface area contributed by atoms with E-state index < -0.39 is 6.09 Å². The van der Waals surface area contributed by atoms with E-state index in [1.807, 2.05) is 40.2 Å². The number of rotatable bonds is 4. The fourth-order valence-corrected chi connectivity index (χ4v) is 5.94. The van der Waals surface area contributed by atoms with Crippen LogP contribution in [0.4, 0.5) is 21.0 Å². The molecule has 3 fully saturated rings. The number of fused-ring (bicyclic) bond motifs is 1. The zero-order chi connectivity index (χ0) is 27.5. The quantitative estimate of drug-likeness (QED) is 0.531. The van der Waals surface area contributed by atoms with Crippen LogP contribution in [0.3, 0.4) is 0 Å². The normalized spacial score (nSPS) is 19.1. The summed E-state index contributed by atoms with van der Waals surface area (Å²) >= 11 is 0. The van der Waals surface area contributed by atoms with E-state index in [1.165, 1.54) is 4.90 Å². The lowest BCUT2D eigenvalue weighted by Crippen LogP contribution is -2.57. The molecule has 3 aromatic rings. The number of piperazine rings is 1. The predicted octanol–water partition coefficient (Wildman–Crippen LogP) is 3.48. The molecule has 1 N–H and O–H groups in total. The third-order valence-corrected chi connectivity index (χ3v) is 8.17. The fraction of sp³-hybridized carbons (Fsp3) is 0.448. The van der Waals surface area contributed by atoms with Gasteiger partial charge in [-0.2, -0.15) is 0 Å². The number of anilines is 2. The average Bonchev–Trinajstić information content (AvgIpc) is 3.02. The molecule has 0 spiro atoms. The minimum atomic E-state index is -0.864. The number of carboxylic acid groups (broad SMARTS) is 1. The topological polar surface area (TPSA) is 106 Å². The summed E-state index contributed by atoms with van der Waals surface area (Å²) in [7, 11) is 0. The second kappa shape index (κ2) is 11.6.